The highest BCUT2D eigenvalue weighted by molar-refractivity contribution is 7.48. The van der Waals surface area contributed by atoms with Gasteiger partial charge in [-0.05, 0) is 80.4 Å². The van der Waals surface area contributed by atoms with Crippen molar-refractivity contribution in [2.45, 2.75) is 52.1 Å². The number of nitrogens with zero attached hydrogens (tertiary/aromatic N) is 3. The molecule has 0 spiro atoms. The minimum Gasteiger partial charge on any atom is -0.481 e. The van der Waals surface area contributed by atoms with Gasteiger partial charge in [0.05, 0.1) is 55.1 Å². The molecule has 0 radical (unpaired) electrons. The van der Waals surface area contributed by atoms with E-state index in [-0.39, 0.29) is 72.5 Å². The van der Waals surface area contributed by atoms with E-state index < -0.39 is 67.1 Å². The normalized spacial score (nSPS) is 12.1. The molecule has 6 N–H and O–H groups in total. The predicted molar refractivity (Wildman–Crippen MR) is 209 cm³/mol. The molecule has 0 aliphatic carbocycles. The lowest BCUT2D eigenvalue weighted by Gasteiger charge is -2.16. The van der Waals surface area contributed by atoms with Crippen molar-refractivity contribution in [1.29, 1.82) is 0 Å². The molecular formula is C38H37F3N7O12P. The maximum atomic E-state index is 13.8. The first-order chi connectivity index (χ1) is 29.0. The van der Waals surface area contributed by atoms with Crippen LogP contribution in [-0.2, 0) is 47.1 Å². The van der Waals surface area contributed by atoms with Crippen LogP contribution in [0.15, 0.2) is 77.7 Å². The van der Waals surface area contributed by atoms with E-state index in [2.05, 4.69) is 35.9 Å². The third-order valence-corrected chi connectivity index (χ3v) is 9.86. The van der Waals surface area contributed by atoms with Crippen molar-refractivity contribution in [2.24, 2.45) is 0 Å². The molecule has 0 saturated carbocycles. The van der Waals surface area contributed by atoms with Crippen molar-refractivity contribution in [3.63, 3.8) is 0 Å². The largest absolute Gasteiger partial charge is 0.481 e. The number of carboxylic acid groups (broad SMARTS) is 2. The molecular weight excluding hydrogens is 834 g/mol. The molecule has 0 aliphatic rings. The molecule has 5 rings (SSSR count). The van der Waals surface area contributed by atoms with Crippen LogP contribution in [0, 0.1) is 0 Å². The summed E-state index contributed by atoms with van der Waals surface area (Å²) in [5.41, 5.74) is -1.72. The quantitative estimate of drug-likeness (QED) is 0.0295. The third kappa shape index (κ3) is 12.6. The molecule has 2 heterocycles. The van der Waals surface area contributed by atoms with Gasteiger partial charge >= 0.3 is 37.5 Å². The number of H-pyrrole nitrogens is 1. The number of phosphoric ester groups is 1. The molecule has 0 aliphatic heterocycles. The van der Waals surface area contributed by atoms with E-state index >= 15 is 0 Å². The fourth-order valence-corrected chi connectivity index (χ4v) is 6.49. The monoisotopic (exact) mass is 871 g/mol. The second kappa shape index (κ2) is 20.0. The van der Waals surface area contributed by atoms with Gasteiger partial charge in [-0.2, -0.15) is 18.2 Å². The molecule has 0 fully saturated rings. The van der Waals surface area contributed by atoms with Gasteiger partial charge in [-0.15, -0.1) is 0 Å². The Balaban J connectivity index is 1.26. The molecule has 19 nitrogen and oxygen atoms in total. The number of phosphoric acid groups is 1. The first-order valence-electron chi connectivity index (χ1n) is 18.1. The number of carbonyl (C=O) groups is 4. The number of halogens is 3. The summed E-state index contributed by atoms with van der Waals surface area (Å²) in [6, 6.07) is 12.4. The predicted octanol–water partition coefficient (Wildman–Crippen LogP) is 6.05. The molecule has 322 valence electrons. The van der Waals surface area contributed by atoms with Gasteiger partial charge in [0, 0.05) is 17.7 Å². The van der Waals surface area contributed by atoms with Crippen molar-refractivity contribution >= 4 is 60.1 Å². The number of carbonyl (C=O) groups excluding carboxylic acids is 2. The number of hydrogen-bond acceptors (Lipinski definition) is 15. The second-order valence-corrected chi connectivity index (χ2v) is 14.3. The van der Waals surface area contributed by atoms with Crippen LogP contribution in [0.3, 0.4) is 0 Å². The van der Waals surface area contributed by atoms with Crippen LogP contribution in [0.1, 0.15) is 64.2 Å². The molecule has 0 unspecified atom stereocenters. The van der Waals surface area contributed by atoms with Gasteiger partial charge in [0.2, 0.25) is 5.95 Å². The number of benzene rings is 3. The first-order valence-corrected chi connectivity index (χ1v) is 19.6. The van der Waals surface area contributed by atoms with Gasteiger partial charge in [0.15, 0.2) is 11.2 Å². The summed E-state index contributed by atoms with van der Waals surface area (Å²) in [5, 5.41) is 26.0. The number of alkyl halides is 3. The lowest BCUT2D eigenvalue weighted by molar-refractivity contribution is -0.141. The summed E-state index contributed by atoms with van der Waals surface area (Å²) >= 11 is 0. The molecule has 0 bridgehead atoms. The maximum Gasteiger partial charge on any atom is 0.475 e. The van der Waals surface area contributed by atoms with Crippen molar-refractivity contribution < 1.29 is 65.4 Å². The SMILES string of the molecule is CCOP(=O)(OCC)OCc1ccc(OC(=O)c2ccc(C(F)(F)F)cc2Nc2nc(=O)c3nc(CNc4ccc(C(=O)N[C@@H](CCC(=O)O)C(=O)O)cc4)cnc3[nH]2)cc1. The average molecular weight is 872 g/mol. The van der Waals surface area contributed by atoms with Crippen LogP contribution in [0.2, 0.25) is 0 Å². The Kier molecular flexibility index (Phi) is 14.9. The summed E-state index contributed by atoms with van der Waals surface area (Å²) in [6.45, 7) is 3.27. The fourth-order valence-electron chi connectivity index (χ4n) is 5.33. The summed E-state index contributed by atoms with van der Waals surface area (Å²) in [7, 11) is -3.80. The van der Waals surface area contributed by atoms with Crippen LogP contribution in [-0.4, -0.2) is 73.2 Å². The van der Waals surface area contributed by atoms with Gasteiger partial charge in [-0.3, -0.25) is 28.0 Å². The number of rotatable bonds is 20. The summed E-state index contributed by atoms with van der Waals surface area (Å²) in [6.07, 6.45) is -4.26. The molecule has 1 amide bonds. The molecule has 1 atom stereocenters. The minimum absolute atomic E-state index is 0.0111. The van der Waals surface area contributed by atoms with Gasteiger partial charge < -0.3 is 35.9 Å². The number of nitrogens with one attached hydrogen (secondary N) is 4. The van der Waals surface area contributed by atoms with E-state index in [4.69, 9.17) is 23.4 Å². The lowest BCUT2D eigenvalue weighted by atomic mass is 10.1. The number of anilines is 3. The van der Waals surface area contributed by atoms with E-state index in [1.807, 2.05) is 0 Å². The molecule has 2 aromatic heterocycles. The molecule has 3 aromatic carbocycles. The summed E-state index contributed by atoms with van der Waals surface area (Å²) in [4.78, 5) is 76.1. The highest BCUT2D eigenvalue weighted by Crippen LogP contribution is 2.50. The van der Waals surface area contributed by atoms with Crippen molar-refractivity contribution in [2.75, 3.05) is 23.8 Å². The smallest absolute Gasteiger partial charge is 0.475 e. The first kappa shape index (κ1) is 45.3. The minimum atomic E-state index is -4.81. The fraction of sp³-hybridized carbons (Fsp3) is 0.263. The number of esters is 1. The number of aromatic nitrogens is 4. The topological polar surface area (TPSA) is 270 Å². The van der Waals surface area contributed by atoms with E-state index in [0.29, 0.717) is 23.4 Å². The number of aliphatic carboxylic acids is 2. The number of hydrogen-bond donors (Lipinski definition) is 6. The third-order valence-electron chi connectivity index (χ3n) is 8.26. The highest BCUT2D eigenvalue weighted by atomic mass is 31.2. The Morgan fingerprint density at radius 1 is 0.918 bits per heavy atom. The van der Waals surface area contributed by atoms with Crippen LogP contribution in [0.5, 0.6) is 5.75 Å². The standard InChI is InChI=1S/C38H37F3N7O12P/c1-3-57-61(56,58-4-2)59-20-21-5-12-26(13-6-21)60-36(55)27-14-9-23(38(39,40)41)17-29(27)46-37-47-32-31(34(52)48-37)44-25(19-43-32)18-42-24-10-7-22(8-11-24)33(51)45-28(35(53)54)15-16-30(49)50/h5-14,17,19,28,42H,3-4,15-16,18,20H2,1-2H3,(H,45,51)(H,49,50)(H,53,54)(H2,43,46,47,48,52)/t28-/m0/s1. The number of aromatic amines is 1. The number of ether oxygens (including phenoxy) is 1. The lowest BCUT2D eigenvalue weighted by Crippen LogP contribution is -2.41. The molecule has 23 heteroatoms. The summed E-state index contributed by atoms with van der Waals surface area (Å²) in [5.74, 6) is -4.73. The average Bonchev–Trinajstić information content (AvgIpc) is 3.21. The number of carboxylic acids is 2. The highest BCUT2D eigenvalue weighted by Gasteiger charge is 2.32. The van der Waals surface area contributed by atoms with Crippen molar-refractivity contribution in [3.05, 3.63) is 111 Å². The zero-order valence-corrected chi connectivity index (χ0v) is 33.0. The Bertz CT molecular complexity index is 2490. The second-order valence-electron chi connectivity index (χ2n) is 12.6. The molecule has 5 aromatic rings. The maximum absolute atomic E-state index is 13.8. The van der Waals surface area contributed by atoms with E-state index in [1.54, 1.807) is 13.8 Å². The van der Waals surface area contributed by atoms with E-state index in [0.717, 1.165) is 6.07 Å². The number of fused-ring (bicyclic) bond motifs is 1. The van der Waals surface area contributed by atoms with E-state index in [9.17, 15) is 46.8 Å². The number of amides is 1. The Labute approximate surface area is 343 Å². The van der Waals surface area contributed by atoms with Crippen molar-refractivity contribution in [3.8, 4) is 5.75 Å². The van der Waals surface area contributed by atoms with Crippen molar-refractivity contribution in [1.82, 2.24) is 25.3 Å². The Morgan fingerprint density at radius 3 is 2.23 bits per heavy atom. The van der Waals surface area contributed by atoms with Crippen LogP contribution in [0.25, 0.3) is 11.2 Å². The van der Waals surface area contributed by atoms with Gasteiger partial charge in [-0.1, -0.05) is 12.1 Å². The zero-order valence-electron chi connectivity index (χ0n) is 32.1. The Hall–Kier alpha value is -6.74. The van der Waals surface area contributed by atoms with Gasteiger partial charge in [0.25, 0.3) is 5.91 Å². The zero-order chi connectivity index (χ0) is 44.3. The van der Waals surface area contributed by atoms with Crippen LogP contribution >= 0.6 is 7.82 Å². The van der Waals surface area contributed by atoms with Crippen LogP contribution < -0.4 is 26.2 Å². The van der Waals surface area contributed by atoms with Gasteiger partial charge in [0.1, 0.15) is 11.8 Å². The van der Waals surface area contributed by atoms with E-state index in [1.165, 1.54) is 54.7 Å². The molecule has 0 saturated heterocycles. The summed E-state index contributed by atoms with van der Waals surface area (Å²) < 4.78 is 74.8. The molecule has 61 heavy (non-hydrogen) atoms. The Morgan fingerprint density at radius 2 is 1.61 bits per heavy atom. The van der Waals surface area contributed by atoms with Gasteiger partial charge in [-0.25, -0.2) is 24.1 Å². The van der Waals surface area contributed by atoms with Crippen LogP contribution in [0.4, 0.5) is 30.5 Å².